The number of hydrogen-bond acceptors (Lipinski definition) is 2. The van der Waals surface area contributed by atoms with E-state index in [-0.39, 0.29) is 11.8 Å². The first-order valence-electron chi connectivity index (χ1n) is 6.02. The van der Waals surface area contributed by atoms with Crippen molar-refractivity contribution in [3.63, 3.8) is 0 Å². The Morgan fingerprint density at radius 2 is 1.94 bits per heavy atom. The maximum atomic E-state index is 11.5. The Morgan fingerprint density at radius 3 is 2.44 bits per heavy atom. The van der Waals surface area contributed by atoms with E-state index >= 15 is 0 Å². The van der Waals surface area contributed by atoms with Crippen LogP contribution in [0.3, 0.4) is 0 Å². The molecule has 18 heavy (non-hydrogen) atoms. The van der Waals surface area contributed by atoms with E-state index in [4.69, 9.17) is 11.6 Å². The molecule has 1 heterocycles. The zero-order valence-corrected chi connectivity index (χ0v) is 10.9. The van der Waals surface area contributed by atoms with Gasteiger partial charge in [0, 0.05) is 13.1 Å². The molecule has 0 aliphatic carbocycles. The molecule has 0 radical (unpaired) electrons. The van der Waals surface area contributed by atoms with E-state index in [1.165, 1.54) is 0 Å². The molecule has 94 valence electrons. The fraction of sp³-hybridized carbons (Fsp3) is 0.429. The molecule has 0 bridgehead atoms. The van der Waals surface area contributed by atoms with Gasteiger partial charge in [-0.25, -0.2) is 0 Å². The fourth-order valence-electron chi connectivity index (χ4n) is 2.44. The highest BCUT2D eigenvalue weighted by molar-refractivity contribution is 6.27. The Kier molecular flexibility index (Phi) is 3.88. The minimum absolute atomic E-state index is 0.0187. The first kappa shape index (κ1) is 12.9. The lowest BCUT2D eigenvalue weighted by atomic mass is 9.74. The van der Waals surface area contributed by atoms with Crippen LogP contribution in [0, 0.1) is 11.3 Å². The third-order valence-electron chi connectivity index (χ3n) is 3.62. The summed E-state index contributed by atoms with van der Waals surface area (Å²) in [4.78, 5) is 13.3. The molecular formula is C14H15ClN2O. The number of rotatable bonds is 2. The summed E-state index contributed by atoms with van der Waals surface area (Å²) in [7, 11) is 0. The molecule has 1 aromatic rings. The average Bonchev–Trinajstić information content (AvgIpc) is 2.47. The van der Waals surface area contributed by atoms with Crippen LogP contribution in [0.15, 0.2) is 30.3 Å². The summed E-state index contributed by atoms with van der Waals surface area (Å²) >= 11 is 5.55. The molecule has 1 aromatic carbocycles. The molecule has 3 nitrogen and oxygen atoms in total. The highest BCUT2D eigenvalue weighted by atomic mass is 35.5. The van der Waals surface area contributed by atoms with Crippen LogP contribution >= 0.6 is 11.6 Å². The Morgan fingerprint density at radius 1 is 1.33 bits per heavy atom. The molecule has 1 aliphatic heterocycles. The molecule has 0 unspecified atom stereocenters. The number of nitrogens with zero attached hydrogens (tertiary/aromatic N) is 2. The van der Waals surface area contributed by atoms with Crippen molar-refractivity contribution < 1.29 is 4.79 Å². The van der Waals surface area contributed by atoms with Crippen LogP contribution in [0.25, 0.3) is 0 Å². The summed E-state index contributed by atoms with van der Waals surface area (Å²) in [5, 5.41) is 9.50. The summed E-state index contributed by atoms with van der Waals surface area (Å²) in [5.41, 5.74) is 0.593. The Labute approximate surface area is 112 Å². The molecule has 1 amide bonds. The van der Waals surface area contributed by atoms with Crippen LogP contribution < -0.4 is 0 Å². The highest BCUT2D eigenvalue weighted by Crippen LogP contribution is 2.34. The zero-order chi connectivity index (χ0) is 13.0. The number of benzene rings is 1. The Balaban J connectivity index is 2.15. The van der Waals surface area contributed by atoms with Crippen molar-refractivity contribution in [2.45, 2.75) is 18.3 Å². The molecule has 1 saturated heterocycles. The average molecular weight is 263 g/mol. The van der Waals surface area contributed by atoms with Gasteiger partial charge in [0.2, 0.25) is 5.91 Å². The molecule has 0 saturated carbocycles. The van der Waals surface area contributed by atoms with Gasteiger partial charge in [-0.05, 0) is 18.4 Å². The second kappa shape index (κ2) is 5.41. The molecule has 0 aromatic heterocycles. The van der Waals surface area contributed by atoms with Crippen LogP contribution in [-0.2, 0) is 10.2 Å². The summed E-state index contributed by atoms with van der Waals surface area (Å²) in [6, 6.07) is 12.3. The number of piperidine rings is 1. The van der Waals surface area contributed by atoms with Crippen molar-refractivity contribution >= 4 is 17.5 Å². The lowest BCUT2D eigenvalue weighted by Gasteiger charge is -2.37. The molecule has 0 N–H and O–H groups in total. The number of carbonyl (C=O) groups is 1. The van der Waals surface area contributed by atoms with E-state index < -0.39 is 5.41 Å². The van der Waals surface area contributed by atoms with E-state index in [2.05, 4.69) is 6.07 Å². The van der Waals surface area contributed by atoms with Crippen molar-refractivity contribution in [2.75, 3.05) is 19.0 Å². The molecule has 0 atom stereocenters. The van der Waals surface area contributed by atoms with E-state index in [0.29, 0.717) is 25.9 Å². The van der Waals surface area contributed by atoms with Gasteiger partial charge in [-0.2, -0.15) is 5.26 Å². The standard InChI is InChI=1S/C14H15ClN2O/c15-10-13(18)17-8-6-14(11-16,7-9-17)12-4-2-1-3-5-12/h1-5H,6-10H2. The monoisotopic (exact) mass is 262 g/mol. The van der Waals surface area contributed by atoms with Crippen LogP contribution in [-0.4, -0.2) is 29.8 Å². The number of amides is 1. The predicted octanol–water partition coefficient (Wildman–Crippen LogP) is 2.31. The minimum atomic E-state index is -0.454. The lowest BCUT2D eigenvalue weighted by Crippen LogP contribution is -2.45. The van der Waals surface area contributed by atoms with Crippen molar-refractivity contribution in [1.29, 1.82) is 5.26 Å². The Bertz CT molecular complexity index is 458. The van der Waals surface area contributed by atoms with Gasteiger partial charge in [-0.1, -0.05) is 30.3 Å². The van der Waals surface area contributed by atoms with Gasteiger partial charge in [0.15, 0.2) is 0 Å². The minimum Gasteiger partial charge on any atom is -0.342 e. The van der Waals surface area contributed by atoms with Crippen molar-refractivity contribution in [1.82, 2.24) is 4.90 Å². The highest BCUT2D eigenvalue weighted by Gasteiger charge is 2.37. The molecular weight excluding hydrogens is 248 g/mol. The smallest absolute Gasteiger partial charge is 0.237 e. The van der Waals surface area contributed by atoms with Crippen LogP contribution in [0.2, 0.25) is 0 Å². The molecule has 1 aliphatic rings. The van der Waals surface area contributed by atoms with E-state index in [1.54, 1.807) is 4.90 Å². The number of carbonyl (C=O) groups excluding carboxylic acids is 1. The third kappa shape index (κ3) is 2.34. The Hall–Kier alpha value is -1.53. The predicted molar refractivity (Wildman–Crippen MR) is 70.3 cm³/mol. The third-order valence-corrected chi connectivity index (χ3v) is 3.85. The number of nitriles is 1. The first-order valence-corrected chi connectivity index (χ1v) is 6.56. The summed E-state index contributed by atoms with van der Waals surface area (Å²) in [6.45, 7) is 1.21. The SMILES string of the molecule is N#CC1(c2ccccc2)CCN(C(=O)CCl)CC1. The molecule has 2 rings (SSSR count). The van der Waals surface area contributed by atoms with Crippen molar-refractivity contribution in [3.05, 3.63) is 35.9 Å². The molecule has 1 fully saturated rings. The second-order valence-electron chi connectivity index (χ2n) is 4.57. The summed E-state index contributed by atoms with van der Waals surface area (Å²) in [6.07, 6.45) is 1.35. The van der Waals surface area contributed by atoms with E-state index in [0.717, 1.165) is 5.56 Å². The summed E-state index contributed by atoms with van der Waals surface area (Å²) in [5.74, 6) is -0.0264. The van der Waals surface area contributed by atoms with Crippen LogP contribution in [0.5, 0.6) is 0 Å². The van der Waals surface area contributed by atoms with Crippen molar-refractivity contribution in [3.8, 4) is 6.07 Å². The topological polar surface area (TPSA) is 44.1 Å². The molecule has 0 spiro atoms. The maximum absolute atomic E-state index is 11.5. The maximum Gasteiger partial charge on any atom is 0.237 e. The van der Waals surface area contributed by atoms with Crippen LogP contribution in [0.4, 0.5) is 0 Å². The van der Waals surface area contributed by atoms with Crippen LogP contribution in [0.1, 0.15) is 18.4 Å². The number of alkyl halides is 1. The van der Waals surface area contributed by atoms with Gasteiger partial charge >= 0.3 is 0 Å². The quantitative estimate of drug-likeness (QED) is 0.768. The normalized spacial score (nSPS) is 18.1. The summed E-state index contributed by atoms with van der Waals surface area (Å²) < 4.78 is 0. The lowest BCUT2D eigenvalue weighted by molar-refractivity contribution is -0.129. The number of hydrogen-bond donors (Lipinski definition) is 0. The number of halogens is 1. The van der Waals surface area contributed by atoms with Gasteiger partial charge in [0.1, 0.15) is 5.88 Å². The fourth-order valence-corrected chi connectivity index (χ4v) is 2.61. The van der Waals surface area contributed by atoms with Crippen molar-refractivity contribution in [2.24, 2.45) is 0 Å². The van der Waals surface area contributed by atoms with E-state index in [9.17, 15) is 10.1 Å². The van der Waals surface area contributed by atoms with Gasteiger partial charge in [-0.3, -0.25) is 4.79 Å². The van der Waals surface area contributed by atoms with Gasteiger partial charge in [0.05, 0.1) is 11.5 Å². The van der Waals surface area contributed by atoms with E-state index in [1.807, 2.05) is 30.3 Å². The second-order valence-corrected chi connectivity index (χ2v) is 4.84. The first-order chi connectivity index (χ1) is 8.72. The number of likely N-dealkylation sites (tertiary alicyclic amines) is 1. The van der Waals surface area contributed by atoms with Gasteiger partial charge < -0.3 is 4.90 Å². The van der Waals surface area contributed by atoms with Gasteiger partial charge in [0.25, 0.3) is 0 Å². The largest absolute Gasteiger partial charge is 0.342 e. The molecule has 4 heteroatoms. The van der Waals surface area contributed by atoms with Gasteiger partial charge in [-0.15, -0.1) is 11.6 Å². The zero-order valence-electron chi connectivity index (χ0n) is 10.1.